The molecule has 0 heteroatoms. The predicted octanol–water partition coefficient (Wildman–Crippen LogP) is 1.60. The Balaban J connectivity index is 2.22. The molecule has 0 nitrogen and oxygen atoms in total. The monoisotopic (exact) mass is 104 g/mol. The van der Waals surface area contributed by atoms with E-state index >= 15 is 0 Å². The molecule has 0 heterocycles. The molecule has 0 spiro atoms. The van der Waals surface area contributed by atoms with Crippen molar-refractivity contribution in [2.24, 2.45) is 23.7 Å². The van der Waals surface area contributed by atoms with E-state index in [1.165, 1.54) is 11.1 Å². The first-order valence-electron chi connectivity index (χ1n) is 3.20. The van der Waals surface area contributed by atoms with Gasteiger partial charge in [0, 0.05) is 5.92 Å². The first-order valence-corrected chi connectivity index (χ1v) is 3.20. The zero-order valence-corrected chi connectivity index (χ0v) is 4.72. The summed E-state index contributed by atoms with van der Waals surface area (Å²) in [5, 5.41) is 0. The van der Waals surface area contributed by atoms with Crippen LogP contribution in [-0.2, 0) is 0 Å². The number of allylic oxidation sites excluding steroid dienone is 2. The van der Waals surface area contributed by atoms with E-state index in [9.17, 15) is 0 Å². The maximum Gasteiger partial charge on any atom is 0.00479 e. The van der Waals surface area contributed by atoms with Crippen LogP contribution in [0.1, 0.15) is 0 Å². The van der Waals surface area contributed by atoms with Crippen molar-refractivity contribution in [1.29, 1.82) is 0 Å². The van der Waals surface area contributed by atoms with Gasteiger partial charge >= 0.3 is 0 Å². The van der Waals surface area contributed by atoms with E-state index < -0.39 is 0 Å². The summed E-state index contributed by atoms with van der Waals surface area (Å²) in [4.78, 5) is 0. The predicted molar refractivity (Wildman–Crippen MR) is 32.2 cm³/mol. The molecule has 8 heavy (non-hydrogen) atoms. The van der Waals surface area contributed by atoms with Gasteiger partial charge in [0.05, 0.1) is 0 Å². The smallest absolute Gasteiger partial charge is 0.00479 e. The molecule has 0 aliphatic heterocycles. The van der Waals surface area contributed by atoms with Crippen LogP contribution in [0.25, 0.3) is 0 Å². The van der Waals surface area contributed by atoms with E-state index in [0.29, 0.717) is 0 Å². The Labute approximate surface area is 48.9 Å². The highest BCUT2D eigenvalue weighted by atomic mass is 14.8. The summed E-state index contributed by atoms with van der Waals surface area (Å²) >= 11 is 0. The maximum atomic E-state index is 4.00. The van der Waals surface area contributed by atoms with Crippen LogP contribution >= 0.6 is 0 Å². The minimum Gasteiger partial charge on any atom is -0.0989 e. The maximum absolute atomic E-state index is 4.00. The highest BCUT2D eigenvalue weighted by Gasteiger charge is 2.76. The molecule has 0 bridgehead atoms. The average molecular weight is 104 g/mol. The molecular formula is C8H8. The van der Waals surface area contributed by atoms with E-state index in [1.54, 1.807) is 0 Å². The van der Waals surface area contributed by atoms with Crippen LogP contribution in [0.2, 0.25) is 0 Å². The molecule has 3 rings (SSSR count). The first kappa shape index (κ1) is 3.49. The van der Waals surface area contributed by atoms with Crippen LogP contribution in [-0.4, -0.2) is 0 Å². The minimum atomic E-state index is 0.796. The lowest BCUT2D eigenvalue weighted by atomic mass is 9.73. The molecule has 0 aromatic heterocycles. The van der Waals surface area contributed by atoms with Crippen LogP contribution in [0, 0.1) is 23.7 Å². The fourth-order valence-corrected chi connectivity index (χ4v) is 2.61. The lowest BCUT2D eigenvalue weighted by molar-refractivity contribution is 0.420. The molecular weight excluding hydrogens is 96.1 g/mol. The lowest BCUT2D eigenvalue weighted by Crippen LogP contribution is -2.23. The van der Waals surface area contributed by atoms with Crippen molar-refractivity contribution in [3.63, 3.8) is 0 Å². The summed E-state index contributed by atoms with van der Waals surface area (Å²) < 4.78 is 0. The van der Waals surface area contributed by atoms with E-state index in [0.717, 1.165) is 23.7 Å². The second kappa shape index (κ2) is 0.637. The van der Waals surface area contributed by atoms with Gasteiger partial charge in [0.25, 0.3) is 0 Å². The number of hydrogen-bond acceptors (Lipinski definition) is 0. The van der Waals surface area contributed by atoms with Crippen molar-refractivity contribution >= 4 is 0 Å². The van der Waals surface area contributed by atoms with Crippen LogP contribution in [0.5, 0.6) is 0 Å². The van der Waals surface area contributed by atoms with Crippen LogP contribution in [0.3, 0.4) is 0 Å². The molecule has 0 N–H and O–H groups in total. The van der Waals surface area contributed by atoms with Gasteiger partial charge < -0.3 is 0 Å². The Bertz CT molecular complexity index is 190. The molecule has 3 aliphatic rings. The fourth-order valence-electron chi connectivity index (χ4n) is 2.61. The van der Waals surface area contributed by atoms with Gasteiger partial charge in [0.15, 0.2) is 0 Å². The van der Waals surface area contributed by atoms with Crippen molar-refractivity contribution in [2.45, 2.75) is 0 Å². The van der Waals surface area contributed by atoms with E-state index in [-0.39, 0.29) is 0 Å². The van der Waals surface area contributed by atoms with Crippen molar-refractivity contribution in [3.8, 4) is 0 Å². The van der Waals surface area contributed by atoms with Crippen LogP contribution in [0.15, 0.2) is 24.3 Å². The summed E-state index contributed by atoms with van der Waals surface area (Å²) in [7, 11) is 0. The Morgan fingerprint density at radius 2 is 1.50 bits per heavy atom. The summed E-state index contributed by atoms with van der Waals surface area (Å²) in [5.41, 5.74) is 2.98. The Hall–Kier alpha value is -0.520. The molecule has 3 fully saturated rings. The Kier molecular flexibility index (Phi) is 0.278. The summed E-state index contributed by atoms with van der Waals surface area (Å²) in [6.07, 6.45) is 0. The van der Waals surface area contributed by atoms with Gasteiger partial charge in [-0.25, -0.2) is 0 Å². The zero-order valence-electron chi connectivity index (χ0n) is 4.72. The van der Waals surface area contributed by atoms with Crippen molar-refractivity contribution in [1.82, 2.24) is 0 Å². The second-order valence-electron chi connectivity index (χ2n) is 3.26. The third-order valence-electron chi connectivity index (χ3n) is 3.12. The fraction of sp³-hybridized carbons (Fsp3) is 0.500. The van der Waals surface area contributed by atoms with Gasteiger partial charge in [-0.05, 0) is 17.8 Å². The van der Waals surface area contributed by atoms with Crippen LogP contribution in [0.4, 0.5) is 0 Å². The third kappa shape index (κ3) is 0.127. The SMILES string of the molecule is C=C1C2C(=C)C3C1C23. The van der Waals surface area contributed by atoms with E-state index in [4.69, 9.17) is 0 Å². The topological polar surface area (TPSA) is 0 Å². The third-order valence-corrected chi connectivity index (χ3v) is 3.12. The highest BCUT2D eigenvalue weighted by Crippen LogP contribution is 2.82. The summed E-state index contributed by atoms with van der Waals surface area (Å²) in [6, 6.07) is 0. The van der Waals surface area contributed by atoms with E-state index in [2.05, 4.69) is 13.2 Å². The number of hydrogen-bond donors (Lipinski definition) is 0. The molecule has 40 valence electrons. The molecule has 2 atom stereocenters. The van der Waals surface area contributed by atoms with Crippen molar-refractivity contribution in [2.75, 3.05) is 0 Å². The van der Waals surface area contributed by atoms with Gasteiger partial charge in [-0.15, -0.1) is 0 Å². The lowest BCUT2D eigenvalue weighted by Gasteiger charge is -2.31. The van der Waals surface area contributed by atoms with Gasteiger partial charge in [0.2, 0.25) is 0 Å². The largest absolute Gasteiger partial charge is 0.0989 e. The van der Waals surface area contributed by atoms with Gasteiger partial charge in [-0.3, -0.25) is 0 Å². The molecule has 0 amide bonds. The second-order valence-corrected chi connectivity index (χ2v) is 3.26. The zero-order chi connectivity index (χ0) is 5.46. The number of rotatable bonds is 0. The quantitative estimate of drug-likeness (QED) is 0.409. The minimum absolute atomic E-state index is 0.796. The van der Waals surface area contributed by atoms with Gasteiger partial charge in [0.1, 0.15) is 0 Å². The van der Waals surface area contributed by atoms with Crippen LogP contribution < -0.4 is 0 Å². The van der Waals surface area contributed by atoms with E-state index in [1.807, 2.05) is 0 Å². The molecule has 0 radical (unpaired) electrons. The normalized spacial score (nSPS) is 63.5. The summed E-state index contributed by atoms with van der Waals surface area (Å²) in [6.45, 7) is 7.99. The van der Waals surface area contributed by atoms with Crippen molar-refractivity contribution in [3.05, 3.63) is 24.3 Å². The van der Waals surface area contributed by atoms with Crippen molar-refractivity contribution < 1.29 is 0 Å². The Morgan fingerprint density at radius 3 is 1.62 bits per heavy atom. The standard InChI is InChI=1S/C8H8/c1-3-5-4(2)7-6(3)8(5)7/h5-8H,1-2H2. The molecule has 3 saturated carbocycles. The molecule has 0 saturated heterocycles. The summed E-state index contributed by atoms with van der Waals surface area (Å²) in [5.74, 6) is 3.69. The Morgan fingerprint density at radius 1 is 1.00 bits per heavy atom. The average Bonchev–Trinajstić information content (AvgIpc) is 2.21. The molecule has 2 unspecified atom stereocenters. The van der Waals surface area contributed by atoms with Gasteiger partial charge in [-0.1, -0.05) is 24.3 Å². The number of fused-ring (bicyclic) bond motifs is 1. The highest BCUT2D eigenvalue weighted by molar-refractivity contribution is 5.55. The van der Waals surface area contributed by atoms with Gasteiger partial charge in [-0.2, -0.15) is 0 Å². The first-order chi connectivity index (χ1) is 3.82. The molecule has 3 aliphatic carbocycles. The molecule has 0 aromatic rings. The molecule has 0 aromatic carbocycles.